The molecule has 4 rings (SSSR count). The average molecular weight is 465 g/mol. The van der Waals surface area contributed by atoms with Crippen molar-refractivity contribution in [1.29, 1.82) is 0 Å². The van der Waals surface area contributed by atoms with E-state index in [0.29, 0.717) is 37.1 Å². The monoisotopic (exact) mass is 464 g/mol. The second-order valence-corrected chi connectivity index (χ2v) is 9.86. The van der Waals surface area contributed by atoms with Gasteiger partial charge in [0.05, 0.1) is 11.1 Å². The lowest BCUT2D eigenvalue weighted by molar-refractivity contribution is 0.0257. The zero-order chi connectivity index (χ0) is 24.3. The summed E-state index contributed by atoms with van der Waals surface area (Å²) in [7, 11) is 0. The van der Waals surface area contributed by atoms with Crippen LogP contribution in [0.5, 0.6) is 0 Å². The standard InChI is InChI=1S/C27H32N2O5/c1-27(2,3)34-26(32)29-14-10-19-5-7-23(17-21(19)11-15-29)25(31)33-24(30)22-6-4-18-8-12-28-13-9-20(18)16-22/h4-7,16-17,28H,8-15H2,1-3H3. The minimum absolute atomic E-state index is 0.330. The van der Waals surface area contributed by atoms with Gasteiger partial charge >= 0.3 is 18.0 Å². The number of carbonyl (C=O) groups excluding carboxylic acids is 3. The molecule has 0 unspecified atom stereocenters. The van der Waals surface area contributed by atoms with Crippen molar-refractivity contribution < 1.29 is 23.9 Å². The lowest BCUT2D eigenvalue weighted by Gasteiger charge is -2.26. The summed E-state index contributed by atoms with van der Waals surface area (Å²) in [5.74, 6) is -1.31. The number of benzene rings is 2. The Kier molecular flexibility index (Phi) is 7.03. The summed E-state index contributed by atoms with van der Waals surface area (Å²) in [4.78, 5) is 39.5. The molecule has 2 aliphatic rings. The van der Waals surface area contributed by atoms with Gasteiger partial charge in [-0.3, -0.25) is 0 Å². The van der Waals surface area contributed by atoms with Gasteiger partial charge in [-0.25, -0.2) is 14.4 Å². The third-order valence-electron chi connectivity index (χ3n) is 6.17. The third-order valence-corrected chi connectivity index (χ3v) is 6.17. The smallest absolute Gasteiger partial charge is 0.410 e. The molecular formula is C27H32N2O5. The number of ether oxygens (including phenoxy) is 2. The average Bonchev–Trinajstić information content (AvgIpc) is 3.15. The summed E-state index contributed by atoms with van der Waals surface area (Å²) in [6, 6.07) is 10.8. The lowest BCUT2D eigenvalue weighted by atomic mass is 9.99. The van der Waals surface area contributed by atoms with Crippen LogP contribution in [0, 0.1) is 0 Å². The molecule has 180 valence electrons. The van der Waals surface area contributed by atoms with Gasteiger partial charge in [0.25, 0.3) is 0 Å². The van der Waals surface area contributed by atoms with Crippen molar-refractivity contribution in [3.8, 4) is 0 Å². The molecule has 0 aliphatic carbocycles. The summed E-state index contributed by atoms with van der Waals surface area (Å²) in [6.45, 7) is 8.38. The highest BCUT2D eigenvalue weighted by atomic mass is 16.6. The Morgan fingerprint density at radius 3 is 1.85 bits per heavy atom. The molecule has 0 radical (unpaired) electrons. The van der Waals surface area contributed by atoms with Crippen LogP contribution in [0.1, 0.15) is 63.7 Å². The Hall–Kier alpha value is -3.19. The van der Waals surface area contributed by atoms with Gasteiger partial charge in [-0.15, -0.1) is 0 Å². The molecule has 0 saturated heterocycles. The summed E-state index contributed by atoms with van der Waals surface area (Å²) in [5, 5.41) is 3.35. The second kappa shape index (κ2) is 9.97. The molecule has 34 heavy (non-hydrogen) atoms. The predicted octanol–water partition coefficient (Wildman–Crippen LogP) is 3.71. The topological polar surface area (TPSA) is 84.9 Å². The zero-order valence-corrected chi connectivity index (χ0v) is 20.1. The highest BCUT2D eigenvalue weighted by molar-refractivity contribution is 6.02. The third kappa shape index (κ3) is 5.83. The van der Waals surface area contributed by atoms with E-state index in [1.54, 1.807) is 23.1 Å². The molecule has 0 atom stereocenters. The van der Waals surface area contributed by atoms with Crippen LogP contribution in [0.2, 0.25) is 0 Å². The SMILES string of the molecule is CC(C)(C)OC(=O)N1CCc2ccc(C(=O)OC(=O)c3ccc4c(c3)CCNCC4)cc2CC1. The Morgan fingerprint density at radius 2 is 1.26 bits per heavy atom. The first-order valence-corrected chi connectivity index (χ1v) is 11.9. The maximum Gasteiger partial charge on any atom is 0.410 e. The molecule has 1 N–H and O–H groups in total. The molecule has 1 amide bonds. The Labute approximate surface area is 200 Å². The van der Waals surface area contributed by atoms with E-state index >= 15 is 0 Å². The van der Waals surface area contributed by atoms with Gasteiger partial charge in [-0.05, 0) is 106 Å². The molecule has 0 saturated carbocycles. The molecule has 7 nitrogen and oxygen atoms in total. The molecular weight excluding hydrogens is 432 g/mol. The number of fused-ring (bicyclic) bond motifs is 2. The number of hydrogen-bond acceptors (Lipinski definition) is 6. The van der Waals surface area contributed by atoms with E-state index < -0.39 is 17.5 Å². The minimum Gasteiger partial charge on any atom is -0.444 e. The minimum atomic E-state index is -0.669. The number of hydrogen-bond donors (Lipinski definition) is 1. The largest absolute Gasteiger partial charge is 0.444 e. The molecule has 2 heterocycles. The number of carbonyl (C=O) groups is 3. The van der Waals surface area contributed by atoms with Gasteiger partial charge in [0.1, 0.15) is 5.60 Å². The van der Waals surface area contributed by atoms with E-state index in [0.717, 1.165) is 42.6 Å². The van der Waals surface area contributed by atoms with E-state index in [1.807, 2.05) is 39.0 Å². The van der Waals surface area contributed by atoms with Gasteiger partial charge < -0.3 is 19.7 Å². The lowest BCUT2D eigenvalue weighted by Crippen LogP contribution is -2.38. The molecule has 0 fully saturated rings. The fraction of sp³-hybridized carbons (Fsp3) is 0.444. The zero-order valence-electron chi connectivity index (χ0n) is 20.1. The molecule has 0 aromatic heterocycles. The van der Waals surface area contributed by atoms with E-state index in [2.05, 4.69) is 5.32 Å². The van der Waals surface area contributed by atoms with Crippen LogP contribution >= 0.6 is 0 Å². The quantitative estimate of drug-likeness (QED) is 0.539. The van der Waals surface area contributed by atoms with Crippen molar-refractivity contribution in [1.82, 2.24) is 10.2 Å². The first-order chi connectivity index (χ1) is 16.2. The first kappa shape index (κ1) is 24.0. The first-order valence-electron chi connectivity index (χ1n) is 11.9. The summed E-state index contributed by atoms with van der Waals surface area (Å²) < 4.78 is 10.7. The normalized spacial score (nSPS) is 15.9. The summed E-state index contributed by atoms with van der Waals surface area (Å²) >= 11 is 0. The number of amides is 1. The molecule has 2 aromatic rings. The van der Waals surface area contributed by atoms with Gasteiger partial charge in [-0.2, -0.15) is 0 Å². The molecule has 2 aromatic carbocycles. The van der Waals surface area contributed by atoms with Crippen molar-refractivity contribution in [2.24, 2.45) is 0 Å². The van der Waals surface area contributed by atoms with E-state index in [-0.39, 0.29) is 6.09 Å². The number of esters is 2. The van der Waals surface area contributed by atoms with Gasteiger partial charge in [-0.1, -0.05) is 12.1 Å². The highest BCUT2D eigenvalue weighted by Crippen LogP contribution is 2.21. The van der Waals surface area contributed by atoms with Crippen LogP contribution in [-0.2, 0) is 35.2 Å². The molecule has 0 bridgehead atoms. The maximum absolute atomic E-state index is 12.7. The van der Waals surface area contributed by atoms with E-state index in [9.17, 15) is 14.4 Å². The van der Waals surface area contributed by atoms with Crippen LogP contribution in [0.25, 0.3) is 0 Å². The van der Waals surface area contributed by atoms with Crippen molar-refractivity contribution in [3.05, 3.63) is 69.8 Å². The fourth-order valence-electron chi connectivity index (χ4n) is 4.36. The van der Waals surface area contributed by atoms with Crippen molar-refractivity contribution in [2.45, 2.75) is 52.1 Å². The number of nitrogens with zero attached hydrogens (tertiary/aromatic N) is 1. The second-order valence-electron chi connectivity index (χ2n) is 9.86. The number of nitrogens with one attached hydrogen (secondary N) is 1. The van der Waals surface area contributed by atoms with Crippen LogP contribution in [0.15, 0.2) is 36.4 Å². The van der Waals surface area contributed by atoms with Gasteiger partial charge in [0.15, 0.2) is 0 Å². The van der Waals surface area contributed by atoms with Crippen molar-refractivity contribution in [2.75, 3.05) is 26.2 Å². The molecule has 7 heteroatoms. The summed E-state index contributed by atoms with van der Waals surface area (Å²) in [6.07, 6.45) is 2.71. The van der Waals surface area contributed by atoms with Gasteiger partial charge in [0.2, 0.25) is 0 Å². The highest BCUT2D eigenvalue weighted by Gasteiger charge is 2.25. The Balaban J connectivity index is 1.41. The van der Waals surface area contributed by atoms with Crippen LogP contribution in [0.3, 0.4) is 0 Å². The van der Waals surface area contributed by atoms with Crippen molar-refractivity contribution >= 4 is 18.0 Å². The van der Waals surface area contributed by atoms with Crippen LogP contribution in [-0.4, -0.2) is 54.7 Å². The predicted molar refractivity (Wildman–Crippen MR) is 128 cm³/mol. The van der Waals surface area contributed by atoms with E-state index in [1.165, 1.54) is 5.56 Å². The Morgan fingerprint density at radius 1 is 0.765 bits per heavy atom. The molecule has 0 spiro atoms. The summed E-state index contributed by atoms with van der Waals surface area (Å²) in [5.41, 5.74) is 4.56. The maximum atomic E-state index is 12.7. The van der Waals surface area contributed by atoms with E-state index in [4.69, 9.17) is 9.47 Å². The Bertz CT molecular complexity index is 1100. The van der Waals surface area contributed by atoms with Crippen LogP contribution in [0.4, 0.5) is 4.79 Å². The number of rotatable bonds is 2. The van der Waals surface area contributed by atoms with Crippen LogP contribution < -0.4 is 5.32 Å². The molecule has 2 aliphatic heterocycles. The fourth-order valence-corrected chi connectivity index (χ4v) is 4.36. The van der Waals surface area contributed by atoms with Gasteiger partial charge in [0, 0.05) is 13.1 Å². The van der Waals surface area contributed by atoms with Crippen molar-refractivity contribution in [3.63, 3.8) is 0 Å².